The maximum absolute atomic E-state index is 13.0. The molecule has 0 unspecified atom stereocenters. The molecule has 162 valence electrons. The van der Waals surface area contributed by atoms with Gasteiger partial charge in [-0.05, 0) is 74.4 Å². The van der Waals surface area contributed by atoms with Crippen LogP contribution in [0.4, 0.5) is 5.69 Å². The van der Waals surface area contributed by atoms with E-state index in [9.17, 15) is 13.2 Å². The minimum atomic E-state index is -3.73. The number of hydrogen-bond acceptors (Lipinski definition) is 3. The van der Waals surface area contributed by atoms with Gasteiger partial charge in [0, 0.05) is 0 Å². The normalized spacial score (nSPS) is 15.8. The van der Waals surface area contributed by atoms with Gasteiger partial charge in [0.25, 0.3) is 0 Å². The summed E-state index contributed by atoms with van der Waals surface area (Å²) in [6, 6.07) is 9.60. The zero-order valence-electron chi connectivity index (χ0n) is 17.3. The second kappa shape index (κ2) is 9.16. The zero-order chi connectivity index (χ0) is 22.1. The minimum Gasteiger partial charge on any atom is -0.348 e. The Kier molecular flexibility index (Phi) is 7.00. The van der Waals surface area contributed by atoms with E-state index in [2.05, 4.69) is 17.4 Å². The molecule has 0 bridgehead atoms. The highest BCUT2D eigenvalue weighted by Gasteiger charge is 2.30. The summed E-state index contributed by atoms with van der Waals surface area (Å²) in [5.74, 6) is -0.392. The smallest absolute Gasteiger partial charge is 0.244 e. The molecule has 2 aromatic rings. The number of amides is 1. The van der Waals surface area contributed by atoms with E-state index in [-0.39, 0.29) is 16.8 Å². The molecule has 8 heteroatoms. The fraction of sp³-hybridized carbons (Fsp3) is 0.409. The van der Waals surface area contributed by atoms with E-state index in [0.717, 1.165) is 29.0 Å². The maximum atomic E-state index is 13.0. The largest absolute Gasteiger partial charge is 0.348 e. The van der Waals surface area contributed by atoms with Crippen molar-refractivity contribution >= 4 is 44.8 Å². The zero-order valence-corrected chi connectivity index (χ0v) is 19.6. The summed E-state index contributed by atoms with van der Waals surface area (Å²) >= 11 is 12.0. The van der Waals surface area contributed by atoms with Crippen molar-refractivity contribution < 1.29 is 13.2 Å². The van der Waals surface area contributed by atoms with Gasteiger partial charge in [-0.25, -0.2) is 8.42 Å². The van der Waals surface area contributed by atoms with E-state index in [4.69, 9.17) is 23.2 Å². The third kappa shape index (κ3) is 5.10. The summed E-state index contributed by atoms with van der Waals surface area (Å²) in [5.41, 5.74) is 4.01. The SMILES string of the molecule is C[C@H](NC(=O)[C@@H](C)N(c1ccc(Cl)c(Cl)c1)S(C)(=O)=O)c1ccc2c(c1)CCCC2. The van der Waals surface area contributed by atoms with Gasteiger partial charge in [0.1, 0.15) is 6.04 Å². The van der Waals surface area contributed by atoms with Gasteiger partial charge in [-0.15, -0.1) is 0 Å². The number of sulfonamides is 1. The fourth-order valence-corrected chi connectivity index (χ4v) is 5.33. The molecule has 1 N–H and O–H groups in total. The highest BCUT2D eigenvalue weighted by molar-refractivity contribution is 7.92. The molecule has 1 aliphatic rings. The number of anilines is 1. The Balaban J connectivity index is 1.80. The highest BCUT2D eigenvalue weighted by atomic mass is 35.5. The van der Waals surface area contributed by atoms with Crippen LogP contribution in [-0.2, 0) is 27.7 Å². The van der Waals surface area contributed by atoms with Crippen molar-refractivity contribution in [2.45, 2.75) is 51.6 Å². The number of hydrogen-bond donors (Lipinski definition) is 1. The maximum Gasteiger partial charge on any atom is 0.244 e. The molecule has 3 rings (SSSR count). The lowest BCUT2D eigenvalue weighted by molar-refractivity contribution is -0.122. The van der Waals surface area contributed by atoms with Gasteiger partial charge in [-0.1, -0.05) is 41.4 Å². The molecule has 5 nitrogen and oxygen atoms in total. The van der Waals surface area contributed by atoms with Crippen LogP contribution < -0.4 is 9.62 Å². The molecule has 0 fully saturated rings. The molecule has 0 spiro atoms. The summed E-state index contributed by atoms with van der Waals surface area (Å²) in [4.78, 5) is 13.0. The second-order valence-electron chi connectivity index (χ2n) is 7.80. The van der Waals surface area contributed by atoms with Crippen LogP contribution >= 0.6 is 23.2 Å². The van der Waals surface area contributed by atoms with Crippen LogP contribution in [0.15, 0.2) is 36.4 Å². The number of nitrogens with zero attached hydrogens (tertiary/aromatic N) is 1. The summed E-state index contributed by atoms with van der Waals surface area (Å²) in [6.45, 7) is 3.46. The standard InChI is InChI=1S/C22H26Cl2N2O3S/c1-14(17-9-8-16-6-4-5-7-18(16)12-17)25-22(27)15(2)26(30(3,28)29)19-10-11-20(23)21(24)13-19/h8-15H,4-7H2,1-3H3,(H,25,27)/t14-,15+/m0/s1. The van der Waals surface area contributed by atoms with Crippen molar-refractivity contribution in [3.05, 3.63) is 63.1 Å². The number of carbonyl (C=O) groups is 1. The van der Waals surface area contributed by atoms with Crippen molar-refractivity contribution in [1.82, 2.24) is 5.32 Å². The van der Waals surface area contributed by atoms with Crippen LogP contribution in [0, 0.1) is 0 Å². The van der Waals surface area contributed by atoms with Gasteiger partial charge >= 0.3 is 0 Å². The van der Waals surface area contributed by atoms with E-state index in [1.807, 2.05) is 13.0 Å². The first kappa shape index (κ1) is 22.9. The fourth-order valence-electron chi connectivity index (χ4n) is 3.87. The molecule has 0 heterocycles. The molecule has 2 aromatic carbocycles. The first-order chi connectivity index (χ1) is 14.1. The highest BCUT2D eigenvalue weighted by Crippen LogP contribution is 2.30. The van der Waals surface area contributed by atoms with Crippen molar-refractivity contribution in [3.8, 4) is 0 Å². The number of aryl methyl sites for hydroxylation is 2. The Bertz CT molecular complexity index is 1060. The van der Waals surface area contributed by atoms with Gasteiger partial charge in [-0.2, -0.15) is 0 Å². The van der Waals surface area contributed by atoms with Crippen molar-refractivity contribution in [2.75, 3.05) is 10.6 Å². The lowest BCUT2D eigenvalue weighted by Crippen LogP contribution is -2.48. The predicted molar refractivity (Wildman–Crippen MR) is 123 cm³/mol. The Labute approximate surface area is 188 Å². The number of carbonyl (C=O) groups excluding carboxylic acids is 1. The van der Waals surface area contributed by atoms with E-state index in [0.29, 0.717) is 5.02 Å². The predicted octanol–water partition coefficient (Wildman–Crippen LogP) is 4.90. The van der Waals surface area contributed by atoms with Gasteiger partial charge in [0.05, 0.1) is 28.0 Å². The van der Waals surface area contributed by atoms with Crippen LogP contribution in [0.3, 0.4) is 0 Å². The van der Waals surface area contributed by atoms with Crippen molar-refractivity contribution in [1.29, 1.82) is 0 Å². The molecular formula is C22H26Cl2N2O3S. The van der Waals surface area contributed by atoms with E-state index in [1.165, 1.54) is 42.2 Å². The summed E-state index contributed by atoms with van der Waals surface area (Å²) in [6.07, 6.45) is 5.61. The molecule has 0 aliphatic heterocycles. The monoisotopic (exact) mass is 468 g/mol. The Morgan fingerprint density at radius 3 is 2.30 bits per heavy atom. The average Bonchev–Trinajstić information content (AvgIpc) is 2.69. The third-order valence-electron chi connectivity index (χ3n) is 5.48. The van der Waals surface area contributed by atoms with Gasteiger partial charge in [0.2, 0.25) is 15.9 Å². The third-order valence-corrected chi connectivity index (χ3v) is 7.46. The molecule has 30 heavy (non-hydrogen) atoms. The van der Waals surface area contributed by atoms with Gasteiger partial charge in [0.15, 0.2) is 0 Å². The molecule has 0 radical (unpaired) electrons. The molecule has 0 aromatic heterocycles. The molecular weight excluding hydrogens is 443 g/mol. The van der Waals surface area contributed by atoms with Crippen LogP contribution in [0.2, 0.25) is 10.0 Å². The van der Waals surface area contributed by atoms with Gasteiger partial charge in [-0.3, -0.25) is 9.10 Å². The Morgan fingerprint density at radius 1 is 1.00 bits per heavy atom. The average molecular weight is 469 g/mol. The van der Waals surface area contributed by atoms with E-state index < -0.39 is 22.0 Å². The van der Waals surface area contributed by atoms with Crippen LogP contribution in [-0.4, -0.2) is 26.6 Å². The number of nitrogens with one attached hydrogen (secondary N) is 1. The second-order valence-corrected chi connectivity index (χ2v) is 10.5. The summed E-state index contributed by atoms with van der Waals surface area (Å²) in [5, 5.41) is 3.48. The number of halogens is 2. The Morgan fingerprint density at radius 2 is 1.67 bits per heavy atom. The van der Waals surface area contributed by atoms with Crippen molar-refractivity contribution in [2.24, 2.45) is 0 Å². The van der Waals surface area contributed by atoms with E-state index >= 15 is 0 Å². The first-order valence-corrected chi connectivity index (χ1v) is 12.5. The number of fused-ring (bicyclic) bond motifs is 1. The number of rotatable bonds is 6. The minimum absolute atomic E-state index is 0.220. The first-order valence-electron chi connectivity index (χ1n) is 9.94. The lowest BCUT2D eigenvalue weighted by atomic mass is 9.89. The topological polar surface area (TPSA) is 66.5 Å². The summed E-state index contributed by atoms with van der Waals surface area (Å²) < 4.78 is 26.0. The van der Waals surface area contributed by atoms with Crippen LogP contribution in [0.25, 0.3) is 0 Å². The van der Waals surface area contributed by atoms with Crippen molar-refractivity contribution in [3.63, 3.8) is 0 Å². The number of benzene rings is 2. The van der Waals surface area contributed by atoms with E-state index in [1.54, 1.807) is 6.92 Å². The van der Waals surface area contributed by atoms with Crippen LogP contribution in [0.1, 0.15) is 49.4 Å². The molecule has 1 amide bonds. The molecule has 2 atom stereocenters. The summed E-state index contributed by atoms with van der Waals surface area (Å²) in [7, 11) is -3.73. The molecule has 1 aliphatic carbocycles. The quantitative estimate of drug-likeness (QED) is 0.654. The van der Waals surface area contributed by atoms with Gasteiger partial charge < -0.3 is 5.32 Å². The molecule has 0 saturated heterocycles. The molecule has 0 saturated carbocycles. The Hall–Kier alpha value is -1.76. The van der Waals surface area contributed by atoms with Crippen LogP contribution in [0.5, 0.6) is 0 Å². The lowest BCUT2D eigenvalue weighted by Gasteiger charge is -2.29.